The molecule has 1 saturated heterocycles. The quantitative estimate of drug-likeness (QED) is 0.878. The third-order valence-electron chi connectivity index (χ3n) is 2.59. The molecule has 1 heterocycles. The fourth-order valence-electron chi connectivity index (χ4n) is 1.70. The van der Waals surface area contributed by atoms with Crippen molar-refractivity contribution in [3.63, 3.8) is 0 Å². The van der Waals surface area contributed by atoms with E-state index in [1.807, 2.05) is 0 Å². The molecule has 0 aromatic heterocycles. The van der Waals surface area contributed by atoms with E-state index in [0.717, 1.165) is 10.4 Å². The number of benzene rings is 1. The number of hydrogen-bond donors (Lipinski definition) is 1. The molecule has 0 radical (unpaired) electrons. The van der Waals surface area contributed by atoms with Crippen molar-refractivity contribution >= 4 is 10.0 Å². The van der Waals surface area contributed by atoms with Gasteiger partial charge >= 0.3 is 0 Å². The summed E-state index contributed by atoms with van der Waals surface area (Å²) in [5.41, 5.74) is 0. The van der Waals surface area contributed by atoms with E-state index in [0.29, 0.717) is 0 Å². The Morgan fingerprint density at radius 3 is 2.59 bits per heavy atom. The van der Waals surface area contributed by atoms with E-state index in [-0.39, 0.29) is 17.2 Å². The highest BCUT2D eigenvalue weighted by Gasteiger charge is 2.43. The first-order chi connectivity index (χ1) is 7.81. The summed E-state index contributed by atoms with van der Waals surface area (Å²) >= 11 is 0. The Kier molecular flexibility index (Phi) is 2.82. The third kappa shape index (κ3) is 2.39. The highest BCUT2D eigenvalue weighted by molar-refractivity contribution is 7.89. The summed E-state index contributed by atoms with van der Waals surface area (Å²) in [5, 5.41) is 9.19. The lowest BCUT2D eigenvalue weighted by molar-refractivity contribution is 0.0183. The first kappa shape index (κ1) is 12.3. The number of aromatic hydroxyl groups is 1. The molecule has 17 heavy (non-hydrogen) atoms. The molecule has 1 aromatic carbocycles. The molecule has 0 aliphatic carbocycles. The van der Waals surface area contributed by atoms with Gasteiger partial charge in [-0.3, -0.25) is 0 Å². The molecular weight excluding hydrogens is 252 g/mol. The van der Waals surface area contributed by atoms with E-state index in [1.165, 1.54) is 18.2 Å². The summed E-state index contributed by atoms with van der Waals surface area (Å²) in [6, 6.07) is 4.99. The molecule has 4 nitrogen and oxygen atoms in total. The van der Waals surface area contributed by atoms with Crippen LogP contribution in [0.25, 0.3) is 0 Å². The van der Waals surface area contributed by atoms with Gasteiger partial charge in [0.15, 0.2) is 0 Å². The molecule has 7 heteroatoms. The van der Waals surface area contributed by atoms with Gasteiger partial charge in [0.2, 0.25) is 10.0 Å². The largest absolute Gasteiger partial charge is 0.508 e. The Bertz CT molecular complexity index is 530. The van der Waals surface area contributed by atoms with Crippen molar-refractivity contribution < 1.29 is 22.3 Å². The van der Waals surface area contributed by atoms with Crippen LogP contribution in [0.4, 0.5) is 8.78 Å². The zero-order valence-electron chi connectivity index (χ0n) is 8.81. The van der Waals surface area contributed by atoms with Crippen molar-refractivity contribution in [2.45, 2.75) is 17.2 Å². The monoisotopic (exact) mass is 263 g/mol. The van der Waals surface area contributed by atoms with Crippen LogP contribution in [0.2, 0.25) is 0 Å². The molecule has 0 saturated carbocycles. The summed E-state index contributed by atoms with van der Waals surface area (Å²) in [4.78, 5) is -0.171. The van der Waals surface area contributed by atoms with Gasteiger partial charge in [0.25, 0.3) is 5.92 Å². The molecule has 1 aliphatic heterocycles. The fourth-order valence-corrected chi connectivity index (χ4v) is 3.21. The van der Waals surface area contributed by atoms with E-state index in [9.17, 15) is 22.3 Å². The Morgan fingerprint density at radius 1 is 1.35 bits per heavy atom. The molecule has 0 amide bonds. The topological polar surface area (TPSA) is 57.6 Å². The standard InChI is InChI=1S/C10H11F2NO3S/c11-10(12)4-5-13(7-10)17(15,16)9-3-1-2-8(14)6-9/h1-3,6,14H,4-5,7H2. The average Bonchev–Trinajstić information content (AvgIpc) is 2.59. The van der Waals surface area contributed by atoms with Crippen molar-refractivity contribution in [1.82, 2.24) is 4.31 Å². The number of phenols is 1. The molecule has 1 aliphatic rings. The number of halogens is 2. The van der Waals surface area contributed by atoms with E-state index in [4.69, 9.17) is 0 Å². The number of phenolic OH excluding ortho intramolecular Hbond substituents is 1. The Labute approximate surface area is 97.5 Å². The first-order valence-corrected chi connectivity index (χ1v) is 6.42. The third-order valence-corrected chi connectivity index (χ3v) is 4.43. The van der Waals surface area contributed by atoms with Crippen molar-refractivity contribution in [1.29, 1.82) is 0 Å². The smallest absolute Gasteiger partial charge is 0.262 e. The van der Waals surface area contributed by atoms with E-state index < -0.39 is 28.9 Å². The van der Waals surface area contributed by atoms with Crippen LogP contribution in [0, 0.1) is 0 Å². The maximum Gasteiger partial charge on any atom is 0.262 e. The normalized spacial score (nSPS) is 20.6. The molecule has 0 spiro atoms. The van der Waals surface area contributed by atoms with Crippen LogP contribution in [0.3, 0.4) is 0 Å². The maximum absolute atomic E-state index is 13.0. The lowest BCUT2D eigenvalue weighted by Crippen LogP contribution is -2.31. The van der Waals surface area contributed by atoms with Crippen LogP contribution in [-0.2, 0) is 10.0 Å². The zero-order chi connectivity index (χ0) is 12.7. The summed E-state index contributed by atoms with van der Waals surface area (Å²) in [5.74, 6) is -3.18. The van der Waals surface area contributed by atoms with Crippen molar-refractivity contribution in [2.24, 2.45) is 0 Å². The van der Waals surface area contributed by atoms with E-state index >= 15 is 0 Å². The SMILES string of the molecule is O=S(=O)(c1cccc(O)c1)N1CCC(F)(F)C1. The average molecular weight is 263 g/mol. The van der Waals surface area contributed by atoms with Gasteiger partial charge in [-0.15, -0.1) is 0 Å². The molecule has 1 aromatic rings. The minimum atomic E-state index is -3.94. The lowest BCUT2D eigenvalue weighted by atomic mass is 10.3. The summed E-state index contributed by atoms with van der Waals surface area (Å²) < 4.78 is 50.6. The number of rotatable bonds is 2. The molecular formula is C10H11F2NO3S. The van der Waals surface area contributed by atoms with Gasteiger partial charge in [0.1, 0.15) is 5.75 Å². The molecule has 0 bridgehead atoms. The zero-order valence-corrected chi connectivity index (χ0v) is 9.62. The van der Waals surface area contributed by atoms with Crippen LogP contribution < -0.4 is 0 Å². The van der Waals surface area contributed by atoms with Crippen molar-refractivity contribution in [3.8, 4) is 5.75 Å². The minimum absolute atomic E-state index is 0.171. The van der Waals surface area contributed by atoms with Gasteiger partial charge in [-0.1, -0.05) is 6.07 Å². The first-order valence-electron chi connectivity index (χ1n) is 4.98. The van der Waals surface area contributed by atoms with E-state index in [1.54, 1.807) is 0 Å². The predicted octanol–water partition coefficient (Wildman–Crippen LogP) is 1.42. The Hall–Kier alpha value is -1.21. The van der Waals surface area contributed by atoms with Crippen molar-refractivity contribution in [3.05, 3.63) is 24.3 Å². The molecule has 0 unspecified atom stereocenters. The number of alkyl halides is 2. The predicted molar refractivity (Wildman–Crippen MR) is 56.4 cm³/mol. The van der Waals surface area contributed by atoms with Gasteiger partial charge in [0.05, 0.1) is 11.4 Å². The Morgan fingerprint density at radius 2 is 2.06 bits per heavy atom. The Balaban J connectivity index is 2.32. The maximum atomic E-state index is 13.0. The molecule has 0 atom stereocenters. The summed E-state index contributed by atoms with van der Waals surface area (Å²) in [6.07, 6.45) is -0.467. The molecule has 1 N–H and O–H groups in total. The van der Waals surface area contributed by atoms with Crippen molar-refractivity contribution in [2.75, 3.05) is 13.1 Å². The summed E-state index contributed by atoms with van der Waals surface area (Å²) in [7, 11) is -3.94. The second-order valence-electron chi connectivity index (χ2n) is 3.94. The minimum Gasteiger partial charge on any atom is -0.508 e. The molecule has 2 rings (SSSR count). The lowest BCUT2D eigenvalue weighted by Gasteiger charge is -2.16. The van der Waals surface area contributed by atoms with Gasteiger partial charge in [0, 0.05) is 13.0 Å². The van der Waals surface area contributed by atoms with E-state index in [2.05, 4.69) is 0 Å². The van der Waals surface area contributed by atoms with Crippen LogP contribution >= 0.6 is 0 Å². The molecule has 1 fully saturated rings. The van der Waals surface area contributed by atoms with Gasteiger partial charge in [-0.05, 0) is 18.2 Å². The summed E-state index contributed by atoms with van der Waals surface area (Å²) in [6.45, 7) is -1.00. The van der Waals surface area contributed by atoms with Crippen LogP contribution in [0.5, 0.6) is 5.75 Å². The second kappa shape index (κ2) is 3.92. The van der Waals surface area contributed by atoms with Gasteiger partial charge in [-0.25, -0.2) is 17.2 Å². The highest BCUT2D eigenvalue weighted by Crippen LogP contribution is 2.31. The highest BCUT2D eigenvalue weighted by atomic mass is 32.2. The van der Waals surface area contributed by atoms with Gasteiger partial charge in [-0.2, -0.15) is 4.31 Å². The van der Waals surface area contributed by atoms with Gasteiger partial charge < -0.3 is 5.11 Å². The fraction of sp³-hybridized carbons (Fsp3) is 0.400. The van der Waals surface area contributed by atoms with Crippen LogP contribution in [-0.4, -0.2) is 36.8 Å². The van der Waals surface area contributed by atoms with Crippen LogP contribution in [0.15, 0.2) is 29.2 Å². The van der Waals surface area contributed by atoms with Crippen LogP contribution in [0.1, 0.15) is 6.42 Å². The molecule has 94 valence electrons. The number of sulfonamides is 1. The second-order valence-corrected chi connectivity index (χ2v) is 5.88. The number of nitrogens with zero attached hydrogens (tertiary/aromatic N) is 1. The number of hydrogen-bond acceptors (Lipinski definition) is 3.